The van der Waals surface area contributed by atoms with Crippen molar-refractivity contribution in [2.75, 3.05) is 11.4 Å². The Kier molecular flexibility index (Phi) is 6.61. The first-order valence-corrected chi connectivity index (χ1v) is 10.8. The SMILES string of the molecule is Clc1ccc(C2CC(NCc3ccncc3)CCN2c2ccc(Cl)cc2Cl)cc1. The van der Waals surface area contributed by atoms with Crippen LogP contribution in [0.5, 0.6) is 0 Å². The Labute approximate surface area is 186 Å². The maximum absolute atomic E-state index is 6.55. The van der Waals surface area contributed by atoms with Crippen LogP contribution in [0, 0.1) is 0 Å². The highest BCUT2D eigenvalue weighted by molar-refractivity contribution is 6.36. The van der Waals surface area contributed by atoms with E-state index in [2.05, 4.69) is 27.3 Å². The first-order valence-electron chi connectivity index (χ1n) is 9.69. The molecule has 4 rings (SSSR count). The Bertz CT molecular complexity index is 947. The van der Waals surface area contributed by atoms with Crippen LogP contribution in [0.3, 0.4) is 0 Å². The molecule has 6 heteroatoms. The molecule has 0 saturated carbocycles. The molecular weight excluding hydrogens is 425 g/mol. The molecule has 1 N–H and O–H groups in total. The van der Waals surface area contributed by atoms with Crippen LogP contribution in [-0.4, -0.2) is 17.6 Å². The lowest BCUT2D eigenvalue weighted by Gasteiger charge is -2.42. The summed E-state index contributed by atoms with van der Waals surface area (Å²) in [5.41, 5.74) is 3.49. The molecule has 1 aromatic heterocycles. The van der Waals surface area contributed by atoms with Crippen molar-refractivity contribution in [3.8, 4) is 0 Å². The van der Waals surface area contributed by atoms with E-state index in [0.717, 1.165) is 36.6 Å². The van der Waals surface area contributed by atoms with Gasteiger partial charge in [-0.25, -0.2) is 0 Å². The molecule has 0 bridgehead atoms. The summed E-state index contributed by atoms with van der Waals surface area (Å²) in [7, 11) is 0. The molecule has 0 spiro atoms. The Hall–Kier alpha value is -1.78. The number of nitrogens with zero attached hydrogens (tertiary/aromatic N) is 2. The lowest BCUT2D eigenvalue weighted by atomic mass is 9.91. The van der Waals surface area contributed by atoms with E-state index in [1.54, 1.807) is 0 Å². The van der Waals surface area contributed by atoms with Crippen LogP contribution in [-0.2, 0) is 6.54 Å². The second-order valence-electron chi connectivity index (χ2n) is 7.31. The van der Waals surface area contributed by atoms with Gasteiger partial charge in [-0.3, -0.25) is 4.98 Å². The van der Waals surface area contributed by atoms with E-state index < -0.39 is 0 Å². The predicted molar refractivity (Wildman–Crippen MR) is 122 cm³/mol. The molecule has 1 aliphatic rings. The molecule has 0 radical (unpaired) electrons. The summed E-state index contributed by atoms with van der Waals surface area (Å²) in [5.74, 6) is 0. The van der Waals surface area contributed by atoms with Crippen molar-refractivity contribution < 1.29 is 0 Å². The van der Waals surface area contributed by atoms with Crippen LogP contribution in [0.2, 0.25) is 15.1 Å². The summed E-state index contributed by atoms with van der Waals surface area (Å²) in [6, 6.07) is 18.5. The number of piperidine rings is 1. The summed E-state index contributed by atoms with van der Waals surface area (Å²) in [6.45, 7) is 1.74. The van der Waals surface area contributed by atoms with E-state index in [0.29, 0.717) is 16.1 Å². The number of benzene rings is 2. The zero-order chi connectivity index (χ0) is 20.2. The largest absolute Gasteiger partial charge is 0.363 e. The Balaban J connectivity index is 1.56. The van der Waals surface area contributed by atoms with Gasteiger partial charge in [-0.15, -0.1) is 0 Å². The van der Waals surface area contributed by atoms with Gasteiger partial charge in [0.15, 0.2) is 0 Å². The van der Waals surface area contributed by atoms with Crippen molar-refractivity contribution in [3.63, 3.8) is 0 Å². The van der Waals surface area contributed by atoms with Crippen molar-refractivity contribution in [1.82, 2.24) is 10.3 Å². The summed E-state index contributed by atoms with van der Waals surface area (Å²) in [4.78, 5) is 6.47. The highest BCUT2D eigenvalue weighted by Gasteiger charge is 2.30. The predicted octanol–water partition coefficient (Wildman–Crippen LogP) is 6.54. The van der Waals surface area contributed by atoms with Crippen LogP contribution in [0.4, 0.5) is 5.69 Å². The summed E-state index contributed by atoms with van der Waals surface area (Å²) in [6.07, 6.45) is 5.68. The van der Waals surface area contributed by atoms with Gasteiger partial charge in [0.25, 0.3) is 0 Å². The highest BCUT2D eigenvalue weighted by atomic mass is 35.5. The van der Waals surface area contributed by atoms with Gasteiger partial charge in [0.1, 0.15) is 0 Å². The third-order valence-corrected chi connectivity index (χ3v) is 6.21. The number of hydrogen-bond acceptors (Lipinski definition) is 3. The van der Waals surface area contributed by atoms with Crippen molar-refractivity contribution in [2.45, 2.75) is 31.5 Å². The summed E-state index contributed by atoms with van der Waals surface area (Å²) in [5, 5.41) is 5.78. The smallest absolute Gasteiger partial charge is 0.0654 e. The van der Waals surface area contributed by atoms with Crippen molar-refractivity contribution >= 4 is 40.5 Å². The monoisotopic (exact) mass is 445 g/mol. The molecule has 2 unspecified atom stereocenters. The first kappa shape index (κ1) is 20.5. The molecular formula is C23H22Cl3N3. The number of halogens is 3. The molecule has 1 aliphatic heterocycles. The molecule has 3 aromatic rings. The first-order chi connectivity index (χ1) is 14.1. The number of hydrogen-bond donors (Lipinski definition) is 1. The van der Waals surface area contributed by atoms with Gasteiger partial charge >= 0.3 is 0 Å². The topological polar surface area (TPSA) is 28.2 Å². The van der Waals surface area contributed by atoms with Crippen molar-refractivity contribution in [1.29, 1.82) is 0 Å². The third kappa shape index (κ3) is 5.04. The number of nitrogens with one attached hydrogen (secondary N) is 1. The molecule has 1 saturated heterocycles. The minimum Gasteiger partial charge on any atom is -0.363 e. The van der Waals surface area contributed by atoms with E-state index in [1.165, 1.54) is 11.1 Å². The number of anilines is 1. The molecule has 0 amide bonds. The number of aromatic nitrogens is 1. The van der Waals surface area contributed by atoms with Gasteiger partial charge in [-0.1, -0.05) is 46.9 Å². The quantitative estimate of drug-likeness (QED) is 0.482. The van der Waals surface area contributed by atoms with Gasteiger partial charge in [-0.2, -0.15) is 0 Å². The Morgan fingerprint density at radius 2 is 1.66 bits per heavy atom. The third-order valence-electron chi connectivity index (χ3n) is 5.42. The zero-order valence-corrected chi connectivity index (χ0v) is 18.1. The lowest BCUT2D eigenvalue weighted by Crippen LogP contribution is -2.44. The van der Waals surface area contributed by atoms with Crippen LogP contribution in [0.1, 0.15) is 30.0 Å². The molecule has 29 heavy (non-hydrogen) atoms. The van der Waals surface area contributed by atoms with Crippen molar-refractivity contribution in [2.24, 2.45) is 0 Å². The van der Waals surface area contributed by atoms with Gasteiger partial charge in [0.2, 0.25) is 0 Å². The summed E-state index contributed by atoms with van der Waals surface area (Å²) >= 11 is 18.8. The molecule has 2 heterocycles. The molecule has 1 fully saturated rings. The van der Waals surface area contributed by atoms with E-state index in [4.69, 9.17) is 34.8 Å². The van der Waals surface area contributed by atoms with Crippen LogP contribution in [0.25, 0.3) is 0 Å². The molecule has 0 aliphatic carbocycles. The molecule has 2 aromatic carbocycles. The normalized spacial score (nSPS) is 19.3. The van der Waals surface area contributed by atoms with Gasteiger partial charge in [-0.05, 0) is 66.4 Å². The van der Waals surface area contributed by atoms with Crippen LogP contribution < -0.4 is 10.2 Å². The maximum Gasteiger partial charge on any atom is 0.0654 e. The molecule has 3 nitrogen and oxygen atoms in total. The Morgan fingerprint density at radius 1 is 0.931 bits per heavy atom. The van der Waals surface area contributed by atoms with E-state index in [1.807, 2.05) is 54.9 Å². The highest BCUT2D eigenvalue weighted by Crippen LogP contribution is 2.39. The number of rotatable bonds is 5. The minimum atomic E-state index is 0.203. The lowest BCUT2D eigenvalue weighted by molar-refractivity contribution is 0.359. The average Bonchev–Trinajstić information content (AvgIpc) is 2.74. The van der Waals surface area contributed by atoms with E-state index >= 15 is 0 Å². The van der Waals surface area contributed by atoms with Crippen LogP contribution >= 0.6 is 34.8 Å². The number of pyridine rings is 1. The average molecular weight is 447 g/mol. The standard InChI is InChI=1S/C23H22Cl3N3/c24-18-3-1-17(2-4-18)23-14-20(28-15-16-7-10-27-11-8-16)9-12-29(23)22-6-5-19(25)13-21(22)26/h1-8,10-11,13,20,23,28H,9,12,14-15H2. The zero-order valence-electron chi connectivity index (χ0n) is 15.9. The van der Waals surface area contributed by atoms with Crippen molar-refractivity contribution in [3.05, 3.63) is 93.2 Å². The fraction of sp³-hybridized carbons (Fsp3) is 0.261. The second kappa shape index (κ2) is 9.36. The minimum absolute atomic E-state index is 0.203. The van der Waals surface area contributed by atoms with Crippen LogP contribution in [0.15, 0.2) is 67.0 Å². The van der Waals surface area contributed by atoms with Gasteiger partial charge < -0.3 is 10.2 Å². The Morgan fingerprint density at radius 3 is 2.38 bits per heavy atom. The summed E-state index contributed by atoms with van der Waals surface area (Å²) < 4.78 is 0. The van der Waals surface area contributed by atoms with Gasteiger partial charge in [0, 0.05) is 41.6 Å². The molecule has 150 valence electrons. The maximum atomic E-state index is 6.55. The fourth-order valence-electron chi connectivity index (χ4n) is 3.92. The van der Waals surface area contributed by atoms with E-state index in [9.17, 15) is 0 Å². The van der Waals surface area contributed by atoms with E-state index in [-0.39, 0.29) is 6.04 Å². The molecule has 2 atom stereocenters. The second-order valence-corrected chi connectivity index (χ2v) is 8.59. The van der Waals surface area contributed by atoms with Gasteiger partial charge in [0.05, 0.1) is 16.8 Å². The fourth-order valence-corrected chi connectivity index (χ4v) is 4.56.